The number of hydrogen-bond donors (Lipinski definition) is 2. The first-order chi connectivity index (χ1) is 21.3. The second-order valence-electron chi connectivity index (χ2n) is 10.2. The molecule has 1 aromatic heterocycles. The number of non-ortho nitro benzene ring substituents is 1. The molecule has 45 heavy (non-hydrogen) atoms. The predicted octanol–water partition coefficient (Wildman–Crippen LogP) is 2.28. The first kappa shape index (κ1) is 33.3. The van der Waals surface area contributed by atoms with Gasteiger partial charge in [-0.05, 0) is 38.5 Å². The highest BCUT2D eigenvalue weighted by molar-refractivity contribution is 8.00. The minimum atomic E-state index is -1.10. The maximum atomic E-state index is 13.3. The fraction of sp³-hybridized carbons (Fsp3) is 0.346. The number of nitro groups is 1. The van der Waals surface area contributed by atoms with Crippen LogP contribution in [-0.4, -0.2) is 80.1 Å². The number of hydrogen-bond acceptors (Lipinski definition) is 14. The molecule has 1 fully saturated rings. The lowest BCUT2D eigenvalue weighted by Crippen LogP contribution is -2.71. The van der Waals surface area contributed by atoms with Crippen molar-refractivity contribution in [1.29, 1.82) is 0 Å². The largest absolute Gasteiger partial charge is 0.457 e. The number of thiazole rings is 1. The summed E-state index contributed by atoms with van der Waals surface area (Å²) in [7, 11) is 0. The van der Waals surface area contributed by atoms with E-state index in [2.05, 4.69) is 20.8 Å². The lowest BCUT2D eigenvalue weighted by atomic mass is 10.0. The number of oxime groups is 1. The molecule has 0 saturated carbocycles. The number of halogens is 1. The Balaban J connectivity index is 1.44. The van der Waals surface area contributed by atoms with Crippen molar-refractivity contribution in [3.8, 4) is 0 Å². The molecule has 2 atom stereocenters. The van der Waals surface area contributed by atoms with E-state index < -0.39 is 58.0 Å². The van der Waals surface area contributed by atoms with Crippen molar-refractivity contribution in [2.45, 2.75) is 44.4 Å². The normalized spacial score (nSPS) is 17.9. The number of β-lactam (4-membered cyclic amide) rings is 1. The van der Waals surface area contributed by atoms with Gasteiger partial charge in [-0.15, -0.1) is 23.1 Å². The molecule has 0 aliphatic carbocycles. The predicted molar refractivity (Wildman–Crippen MR) is 161 cm³/mol. The minimum Gasteiger partial charge on any atom is -0.457 e. The Bertz CT molecular complexity index is 1590. The van der Waals surface area contributed by atoms with Gasteiger partial charge in [0, 0.05) is 23.3 Å². The zero-order chi connectivity index (χ0) is 32.9. The third-order valence-electron chi connectivity index (χ3n) is 5.82. The Hall–Kier alpha value is -4.55. The Morgan fingerprint density at radius 2 is 1.98 bits per heavy atom. The standard InChI is InChI=1S/C26H25ClN6O10S2/c1-26(2,3)43-17(35)9-42-31-18(16-11-45-25(29-16)28-12-34)21(36)30-19-22(37)32-20(15(27)10-44-23(19)32)24(38)41-8-13-4-6-14(7-5-13)33(39)40/h4-7,11-12,19,23H,8-10H2,1-3H3,(H,30,36)(H,28,29,34)/t19?,23-/m1/s1. The van der Waals surface area contributed by atoms with Crippen LogP contribution < -0.4 is 10.6 Å². The van der Waals surface area contributed by atoms with Crippen LogP contribution in [0, 0.1) is 10.1 Å². The summed E-state index contributed by atoms with van der Waals surface area (Å²) in [5.41, 5.74) is -1.02. The quantitative estimate of drug-likeness (QED) is 0.0826. The molecule has 16 nitrogen and oxygen atoms in total. The first-order valence-electron chi connectivity index (χ1n) is 12.9. The number of carbonyl (C=O) groups is 5. The number of esters is 2. The number of nitrogens with zero attached hydrogens (tertiary/aromatic N) is 4. The van der Waals surface area contributed by atoms with Gasteiger partial charge in [0.25, 0.3) is 17.5 Å². The molecular formula is C26H25ClN6O10S2. The molecule has 1 unspecified atom stereocenters. The molecule has 2 N–H and O–H groups in total. The molecule has 19 heteroatoms. The average Bonchev–Trinajstić information content (AvgIpc) is 3.44. The molecular weight excluding hydrogens is 656 g/mol. The highest BCUT2D eigenvalue weighted by Gasteiger charge is 2.54. The van der Waals surface area contributed by atoms with Gasteiger partial charge in [-0.3, -0.25) is 29.4 Å². The van der Waals surface area contributed by atoms with Crippen molar-refractivity contribution in [1.82, 2.24) is 15.2 Å². The van der Waals surface area contributed by atoms with Crippen LogP contribution in [0.1, 0.15) is 32.0 Å². The molecule has 4 rings (SSSR count). The molecule has 1 saturated heterocycles. The van der Waals surface area contributed by atoms with Gasteiger partial charge in [-0.2, -0.15) is 0 Å². The highest BCUT2D eigenvalue weighted by Crippen LogP contribution is 2.41. The van der Waals surface area contributed by atoms with E-state index in [1.807, 2.05) is 0 Å². The zero-order valence-electron chi connectivity index (χ0n) is 23.8. The molecule has 3 amide bonds. The van der Waals surface area contributed by atoms with Crippen LogP contribution in [0.4, 0.5) is 10.8 Å². The van der Waals surface area contributed by atoms with E-state index in [0.717, 1.165) is 16.2 Å². The molecule has 1 aromatic carbocycles. The molecule has 238 valence electrons. The van der Waals surface area contributed by atoms with Crippen molar-refractivity contribution in [3.63, 3.8) is 0 Å². The van der Waals surface area contributed by atoms with Gasteiger partial charge in [0.05, 0.1) is 9.96 Å². The molecule has 2 aromatic rings. The Morgan fingerprint density at radius 1 is 1.27 bits per heavy atom. The van der Waals surface area contributed by atoms with E-state index in [1.165, 1.54) is 41.4 Å². The fourth-order valence-electron chi connectivity index (χ4n) is 3.94. The average molecular weight is 681 g/mol. The summed E-state index contributed by atoms with van der Waals surface area (Å²) in [4.78, 5) is 82.9. The first-order valence-corrected chi connectivity index (χ1v) is 15.2. The molecule has 0 radical (unpaired) electrons. The third-order valence-corrected chi connectivity index (χ3v) is 8.35. The summed E-state index contributed by atoms with van der Waals surface area (Å²) in [6, 6.07) is 4.28. The van der Waals surface area contributed by atoms with E-state index >= 15 is 0 Å². The number of nitro benzene ring substituents is 1. The van der Waals surface area contributed by atoms with Crippen LogP contribution in [-0.2, 0) is 44.9 Å². The SMILES string of the molecule is CC(C)(C)OC(=O)CON=C(C(=O)NC1C(=O)N2C(C(=O)OCc3ccc([N+](=O)[O-])cc3)=C(Cl)CS[C@H]12)c1csc(NC=O)n1. The third kappa shape index (κ3) is 8.14. The number of carbonyl (C=O) groups excluding carboxylic acids is 5. The summed E-state index contributed by atoms with van der Waals surface area (Å²) in [6.45, 7) is 4.14. The van der Waals surface area contributed by atoms with Gasteiger partial charge < -0.3 is 24.9 Å². The van der Waals surface area contributed by atoms with Gasteiger partial charge in [0.15, 0.2) is 10.8 Å². The summed E-state index contributed by atoms with van der Waals surface area (Å²) < 4.78 is 10.5. The zero-order valence-corrected chi connectivity index (χ0v) is 26.2. The van der Waals surface area contributed by atoms with Crippen molar-refractivity contribution < 1.29 is 43.2 Å². The lowest BCUT2D eigenvalue weighted by molar-refractivity contribution is -0.384. The van der Waals surface area contributed by atoms with Crippen LogP contribution in [0.5, 0.6) is 0 Å². The van der Waals surface area contributed by atoms with Gasteiger partial charge in [0.2, 0.25) is 13.0 Å². The molecule has 2 aliphatic rings. The van der Waals surface area contributed by atoms with Crippen LogP contribution in [0.25, 0.3) is 0 Å². The van der Waals surface area contributed by atoms with Crippen molar-refractivity contribution in [2.24, 2.45) is 5.16 Å². The summed E-state index contributed by atoms with van der Waals surface area (Å²) in [6.07, 6.45) is 0.396. The smallest absolute Gasteiger partial charge is 0.356 e. The number of nitrogens with one attached hydrogen (secondary N) is 2. The number of aromatic nitrogens is 1. The number of rotatable bonds is 12. The van der Waals surface area contributed by atoms with Gasteiger partial charge in [0.1, 0.15) is 35.0 Å². The molecule has 0 bridgehead atoms. The Labute approximate surface area is 268 Å². The van der Waals surface area contributed by atoms with Crippen LogP contribution in [0.2, 0.25) is 0 Å². The monoisotopic (exact) mass is 680 g/mol. The van der Waals surface area contributed by atoms with E-state index in [9.17, 15) is 34.1 Å². The molecule has 3 heterocycles. The van der Waals surface area contributed by atoms with Crippen LogP contribution >= 0.6 is 34.7 Å². The summed E-state index contributed by atoms with van der Waals surface area (Å²) in [5.74, 6) is -3.04. The number of fused-ring (bicyclic) bond motifs is 1. The number of benzene rings is 1. The maximum Gasteiger partial charge on any atom is 0.356 e. The van der Waals surface area contributed by atoms with E-state index in [0.29, 0.717) is 12.0 Å². The Morgan fingerprint density at radius 3 is 2.62 bits per heavy atom. The number of anilines is 1. The summed E-state index contributed by atoms with van der Waals surface area (Å²) >= 11 is 8.48. The van der Waals surface area contributed by atoms with Gasteiger partial charge in [-0.1, -0.05) is 16.8 Å². The second-order valence-corrected chi connectivity index (χ2v) is 12.6. The second kappa shape index (κ2) is 14.0. The van der Waals surface area contributed by atoms with Gasteiger partial charge >= 0.3 is 11.9 Å². The van der Waals surface area contributed by atoms with Crippen molar-refractivity contribution in [3.05, 3.63) is 61.7 Å². The van der Waals surface area contributed by atoms with E-state index in [-0.39, 0.29) is 39.6 Å². The van der Waals surface area contributed by atoms with Crippen molar-refractivity contribution >= 4 is 81.4 Å². The van der Waals surface area contributed by atoms with Crippen LogP contribution in [0.3, 0.4) is 0 Å². The number of ether oxygens (including phenoxy) is 2. The number of amides is 3. The minimum absolute atomic E-state index is 0.00980. The topological polar surface area (TPSA) is 209 Å². The van der Waals surface area contributed by atoms with Crippen molar-refractivity contribution in [2.75, 3.05) is 17.7 Å². The lowest BCUT2D eigenvalue weighted by Gasteiger charge is -2.49. The van der Waals surface area contributed by atoms with E-state index in [4.69, 9.17) is 25.9 Å². The van der Waals surface area contributed by atoms with Crippen LogP contribution in [0.15, 0.2) is 45.5 Å². The fourth-order valence-corrected chi connectivity index (χ4v) is 6.14. The maximum absolute atomic E-state index is 13.3. The van der Waals surface area contributed by atoms with Gasteiger partial charge in [-0.25, -0.2) is 14.6 Å². The highest BCUT2D eigenvalue weighted by atomic mass is 35.5. The Kier molecular flexibility index (Phi) is 10.4. The number of thioether (sulfide) groups is 1. The molecule has 0 spiro atoms. The molecule has 2 aliphatic heterocycles. The summed E-state index contributed by atoms with van der Waals surface area (Å²) in [5, 5.41) is 20.4. The van der Waals surface area contributed by atoms with E-state index in [1.54, 1.807) is 20.8 Å².